The Labute approximate surface area is 104 Å². The minimum absolute atomic E-state index is 1.03. The fraction of sp³-hybridized carbons (Fsp3) is 0.176. The normalized spacial score (nSPS) is 10.9. The number of hydrogen-bond acceptors (Lipinski definition) is 0. The van der Waals surface area contributed by atoms with Crippen LogP contribution in [-0.4, -0.2) is 0 Å². The Hall–Kier alpha value is -1.82. The minimum Gasteiger partial charge on any atom is -0.0885 e. The Balaban J connectivity index is 2.11. The highest BCUT2D eigenvalue weighted by atomic mass is 14.0. The van der Waals surface area contributed by atoms with Gasteiger partial charge in [-0.2, -0.15) is 0 Å². The fourth-order valence-corrected chi connectivity index (χ4v) is 1.85. The molecule has 0 heterocycles. The first-order chi connectivity index (χ1) is 8.40. The Morgan fingerprint density at radius 2 is 1.41 bits per heavy atom. The number of benzene rings is 2. The van der Waals surface area contributed by atoms with Gasteiger partial charge in [0.05, 0.1) is 0 Å². The predicted molar refractivity (Wildman–Crippen MR) is 75.0 cm³/mol. The van der Waals surface area contributed by atoms with E-state index in [1.165, 1.54) is 16.7 Å². The summed E-state index contributed by atoms with van der Waals surface area (Å²) in [6.07, 6.45) is 6.59. The molecule has 0 aliphatic carbocycles. The molecule has 0 bridgehead atoms. The van der Waals surface area contributed by atoms with Crippen molar-refractivity contribution >= 4 is 0 Å². The maximum Gasteiger partial charge on any atom is -0.00975 e. The summed E-state index contributed by atoms with van der Waals surface area (Å²) in [5.74, 6) is 0. The van der Waals surface area contributed by atoms with Gasteiger partial charge in [-0.1, -0.05) is 73.7 Å². The van der Waals surface area contributed by atoms with E-state index in [4.69, 9.17) is 0 Å². The molecule has 0 saturated carbocycles. The standard InChI is InChI=1S/C17H18/c1-2-3-5-8-15-11-13-17(14-12-15)16-9-6-4-7-10-16/h3-7,9-14H,2,8H2,1H3/b5-3+. The van der Waals surface area contributed by atoms with Crippen LogP contribution in [0.25, 0.3) is 11.1 Å². The van der Waals surface area contributed by atoms with Gasteiger partial charge in [-0.15, -0.1) is 0 Å². The van der Waals surface area contributed by atoms with Gasteiger partial charge in [-0.3, -0.25) is 0 Å². The van der Waals surface area contributed by atoms with E-state index < -0.39 is 0 Å². The highest BCUT2D eigenvalue weighted by Gasteiger charge is 1.96. The molecule has 17 heavy (non-hydrogen) atoms. The van der Waals surface area contributed by atoms with Crippen molar-refractivity contribution in [3.05, 3.63) is 72.3 Å². The molecular weight excluding hydrogens is 204 g/mol. The van der Waals surface area contributed by atoms with Crippen LogP contribution in [0.15, 0.2) is 66.7 Å². The first-order valence-corrected chi connectivity index (χ1v) is 6.19. The third-order valence-electron chi connectivity index (χ3n) is 2.82. The smallest absolute Gasteiger partial charge is 0.00975 e. The summed E-state index contributed by atoms with van der Waals surface area (Å²) >= 11 is 0. The van der Waals surface area contributed by atoms with Crippen molar-refractivity contribution in [3.8, 4) is 11.1 Å². The number of allylic oxidation sites excluding steroid dienone is 2. The molecule has 86 valence electrons. The van der Waals surface area contributed by atoms with Gasteiger partial charge >= 0.3 is 0 Å². The van der Waals surface area contributed by atoms with E-state index in [-0.39, 0.29) is 0 Å². The Morgan fingerprint density at radius 1 is 0.765 bits per heavy atom. The number of rotatable bonds is 4. The summed E-state index contributed by atoms with van der Waals surface area (Å²) in [5.41, 5.74) is 3.94. The first-order valence-electron chi connectivity index (χ1n) is 6.19. The quantitative estimate of drug-likeness (QED) is 0.648. The van der Waals surface area contributed by atoms with Crippen molar-refractivity contribution in [2.45, 2.75) is 19.8 Å². The molecule has 0 N–H and O–H groups in total. The molecule has 0 fully saturated rings. The van der Waals surface area contributed by atoms with Crippen LogP contribution >= 0.6 is 0 Å². The average molecular weight is 222 g/mol. The molecule has 2 rings (SSSR count). The molecule has 0 amide bonds. The second-order valence-corrected chi connectivity index (χ2v) is 4.15. The SMILES string of the molecule is CC/C=C/Cc1ccc(-c2ccccc2)cc1. The van der Waals surface area contributed by atoms with Crippen LogP contribution in [0, 0.1) is 0 Å². The molecule has 0 saturated heterocycles. The van der Waals surface area contributed by atoms with E-state index in [2.05, 4.69) is 67.6 Å². The topological polar surface area (TPSA) is 0 Å². The lowest BCUT2D eigenvalue weighted by Gasteiger charge is -2.02. The second kappa shape index (κ2) is 6.05. The van der Waals surface area contributed by atoms with Gasteiger partial charge in [0.25, 0.3) is 0 Å². The third kappa shape index (κ3) is 3.32. The molecule has 2 aromatic carbocycles. The molecule has 0 atom stereocenters. The molecule has 0 radical (unpaired) electrons. The van der Waals surface area contributed by atoms with Crippen molar-refractivity contribution in [1.29, 1.82) is 0 Å². The van der Waals surface area contributed by atoms with Gasteiger partial charge in [0.1, 0.15) is 0 Å². The van der Waals surface area contributed by atoms with Crippen molar-refractivity contribution in [2.24, 2.45) is 0 Å². The van der Waals surface area contributed by atoms with Crippen molar-refractivity contribution < 1.29 is 0 Å². The van der Waals surface area contributed by atoms with Gasteiger partial charge in [0.15, 0.2) is 0 Å². The van der Waals surface area contributed by atoms with Crippen LogP contribution in [-0.2, 0) is 6.42 Å². The highest BCUT2D eigenvalue weighted by molar-refractivity contribution is 5.63. The van der Waals surface area contributed by atoms with Crippen LogP contribution in [0.3, 0.4) is 0 Å². The summed E-state index contributed by atoms with van der Waals surface area (Å²) in [6, 6.07) is 19.3. The van der Waals surface area contributed by atoms with E-state index in [0.717, 1.165) is 12.8 Å². The van der Waals surface area contributed by atoms with E-state index >= 15 is 0 Å². The molecule has 2 aromatic rings. The van der Waals surface area contributed by atoms with E-state index in [1.807, 2.05) is 6.07 Å². The molecule has 0 aromatic heterocycles. The van der Waals surface area contributed by atoms with Crippen LogP contribution < -0.4 is 0 Å². The van der Waals surface area contributed by atoms with Gasteiger partial charge in [0.2, 0.25) is 0 Å². The summed E-state index contributed by atoms with van der Waals surface area (Å²) in [7, 11) is 0. The van der Waals surface area contributed by atoms with Crippen LogP contribution in [0.2, 0.25) is 0 Å². The Bertz CT molecular complexity index is 463. The maximum absolute atomic E-state index is 2.23. The van der Waals surface area contributed by atoms with Crippen LogP contribution in [0.1, 0.15) is 18.9 Å². The average Bonchev–Trinajstić information content (AvgIpc) is 2.41. The lowest BCUT2D eigenvalue weighted by molar-refractivity contribution is 1.18. The minimum atomic E-state index is 1.03. The molecular formula is C17H18. The second-order valence-electron chi connectivity index (χ2n) is 4.15. The summed E-state index contributed by atoms with van der Waals surface area (Å²) in [4.78, 5) is 0. The summed E-state index contributed by atoms with van der Waals surface area (Å²) in [6.45, 7) is 2.16. The fourth-order valence-electron chi connectivity index (χ4n) is 1.85. The molecule has 0 aliphatic heterocycles. The van der Waals surface area contributed by atoms with Gasteiger partial charge in [-0.05, 0) is 29.5 Å². The van der Waals surface area contributed by atoms with E-state index in [1.54, 1.807) is 0 Å². The Morgan fingerprint density at radius 3 is 2.06 bits per heavy atom. The van der Waals surface area contributed by atoms with Gasteiger partial charge in [-0.25, -0.2) is 0 Å². The van der Waals surface area contributed by atoms with Crippen LogP contribution in [0.4, 0.5) is 0 Å². The zero-order valence-corrected chi connectivity index (χ0v) is 10.3. The van der Waals surface area contributed by atoms with E-state index in [9.17, 15) is 0 Å². The van der Waals surface area contributed by atoms with Gasteiger partial charge < -0.3 is 0 Å². The lowest BCUT2D eigenvalue weighted by Crippen LogP contribution is -1.82. The van der Waals surface area contributed by atoms with Gasteiger partial charge in [0, 0.05) is 0 Å². The monoisotopic (exact) mass is 222 g/mol. The first kappa shape index (κ1) is 11.7. The zero-order chi connectivity index (χ0) is 11.9. The van der Waals surface area contributed by atoms with E-state index in [0.29, 0.717) is 0 Å². The zero-order valence-electron chi connectivity index (χ0n) is 10.3. The summed E-state index contributed by atoms with van der Waals surface area (Å²) in [5, 5.41) is 0. The largest absolute Gasteiger partial charge is 0.0885 e. The molecule has 0 nitrogen and oxygen atoms in total. The molecule has 0 spiro atoms. The van der Waals surface area contributed by atoms with Crippen molar-refractivity contribution in [2.75, 3.05) is 0 Å². The number of hydrogen-bond donors (Lipinski definition) is 0. The molecule has 0 unspecified atom stereocenters. The van der Waals surface area contributed by atoms with Crippen LogP contribution in [0.5, 0.6) is 0 Å². The predicted octanol–water partition coefficient (Wildman–Crippen LogP) is 4.86. The van der Waals surface area contributed by atoms with Crippen molar-refractivity contribution in [1.82, 2.24) is 0 Å². The molecule has 0 aliphatic rings. The third-order valence-corrected chi connectivity index (χ3v) is 2.82. The van der Waals surface area contributed by atoms with Crippen molar-refractivity contribution in [3.63, 3.8) is 0 Å². The highest BCUT2D eigenvalue weighted by Crippen LogP contribution is 2.19. The Kier molecular flexibility index (Phi) is 4.15. The summed E-state index contributed by atoms with van der Waals surface area (Å²) < 4.78 is 0. The lowest BCUT2D eigenvalue weighted by atomic mass is 10.0. The maximum atomic E-state index is 2.23. The molecule has 0 heteroatoms.